The molecule has 5 heteroatoms. The van der Waals surface area contributed by atoms with E-state index in [-0.39, 0.29) is 0 Å². The van der Waals surface area contributed by atoms with Gasteiger partial charge in [-0.1, -0.05) is 41.4 Å². The first-order valence-electron chi connectivity index (χ1n) is 5.79. The molecule has 1 unspecified atom stereocenters. The van der Waals surface area contributed by atoms with Crippen LogP contribution in [-0.2, 0) is 16.6 Å². The first kappa shape index (κ1) is 15.2. The topological polar surface area (TPSA) is 17.1 Å². The summed E-state index contributed by atoms with van der Waals surface area (Å²) in [6.45, 7) is 0. The zero-order chi connectivity index (χ0) is 14.5. The molecule has 0 fully saturated rings. The second-order valence-corrected chi connectivity index (χ2v) is 6.29. The summed E-state index contributed by atoms with van der Waals surface area (Å²) in [7, 11) is -1.17. The zero-order valence-electron chi connectivity index (χ0n) is 10.4. The highest BCUT2D eigenvalue weighted by Crippen LogP contribution is 2.19. The first-order chi connectivity index (χ1) is 9.54. The van der Waals surface area contributed by atoms with Crippen molar-refractivity contribution in [1.29, 1.82) is 0 Å². The molecule has 0 heterocycles. The van der Waals surface area contributed by atoms with Gasteiger partial charge in [0, 0.05) is 10.4 Å². The SMILES string of the molecule is O=S(/C=C/c1ccc(F)cc1Cl)Cc1ccc(Cl)cc1. The van der Waals surface area contributed by atoms with E-state index in [0.717, 1.165) is 5.56 Å². The van der Waals surface area contributed by atoms with Crippen LogP contribution in [0.4, 0.5) is 4.39 Å². The number of benzene rings is 2. The van der Waals surface area contributed by atoms with Crippen molar-refractivity contribution in [2.45, 2.75) is 5.75 Å². The van der Waals surface area contributed by atoms with Crippen molar-refractivity contribution in [3.8, 4) is 0 Å². The average Bonchev–Trinajstić information content (AvgIpc) is 2.40. The molecule has 0 aliphatic carbocycles. The van der Waals surface area contributed by atoms with Gasteiger partial charge >= 0.3 is 0 Å². The number of hydrogen-bond acceptors (Lipinski definition) is 1. The molecule has 2 aromatic carbocycles. The fourth-order valence-electron chi connectivity index (χ4n) is 1.58. The summed E-state index contributed by atoms with van der Waals surface area (Å²) in [5, 5.41) is 2.49. The molecule has 0 aromatic heterocycles. The minimum atomic E-state index is -1.17. The van der Waals surface area contributed by atoms with Gasteiger partial charge in [-0.2, -0.15) is 0 Å². The van der Waals surface area contributed by atoms with Crippen LogP contribution in [-0.4, -0.2) is 4.21 Å². The molecule has 1 atom stereocenters. The first-order valence-corrected chi connectivity index (χ1v) is 7.93. The molecule has 0 bridgehead atoms. The van der Waals surface area contributed by atoms with Crippen molar-refractivity contribution in [3.05, 3.63) is 74.9 Å². The van der Waals surface area contributed by atoms with Gasteiger partial charge in [-0.3, -0.25) is 4.21 Å². The van der Waals surface area contributed by atoms with E-state index in [2.05, 4.69) is 0 Å². The fraction of sp³-hybridized carbons (Fsp3) is 0.0667. The highest BCUT2D eigenvalue weighted by atomic mass is 35.5. The van der Waals surface area contributed by atoms with Crippen molar-refractivity contribution in [1.82, 2.24) is 0 Å². The minimum absolute atomic E-state index is 0.296. The van der Waals surface area contributed by atoms with Crippen molar-refractivity contribution >= 4 is 40.1 Å². The maximum atomic E-state index is 12.9. The van der Waals surface area contributed by atoms with Gasteiger partial charge in [-0.15, -0.1) is 0 Å². The Bertz CT molecular complexity index is 653. The number of halogens is 3. The third kappa shape index (κ3) is 4.44. The van der Waals surface area contributed by atoms with Crippen LogP contribution in [0.3, 0.4) is 0 Å². The van der Waals surface area contributed by atoms with Crippen molar-refractivity contribution in [2.24, 2.45) is 0 Å². The van der Waals surface area contributed by atoms with Crippen LogP contribution < -0.4 is 0 Å². The quantitative estimate of drug-likeness (QED) is 0.767. The van der Waals surface area contributed by atoms with E-state index in [1.54, 1.807) is 29.7 Å². The highest BCUT2D eigenvalue weighted by Gasteiger charge is 2.01. The smallest absolute Gasteiger partial charge is 0.124 e. The van der Waals surface area contributed by atoms with Crippen LogP contribution in [0, 0.1) is 5.82 Å². The second kappa shape index (κ2) is 7.02. The Kier molecular flexibility index (Phi) is 5.35. The zero-order valence-corrected chi connectivity index (χ0v) is 12.7. The molecule has 0 N–H and O–H groups in total. The Morgan fingerprint density at radius 2 is 1.80 bits per heavy atom. The molecule has 0 saturated heterocycles. The summed E-state index contributed by atoms with van der Waals surface area (Å²) in [6.07, 6.45) is 1.63. The predicted molar refractivity (Wildman–Crippen MR) is 83.7 cm³/mol. The van der Waals surface area contributed by atoms with Crippen LogP contribution in [0.25, 0.3) is 6.08 Å². The van der Waals surface area contributed by atoms with Gasteiger partial charge in [-0.05, 0) is 41.5 Å². The van der Waals surface area contributed by atoms with Crippen molar-refractivity contribution in [2.75, 3.05) is 0 Å². The number of rotatable bonds is 4. The summed E-state index contributed by atoms with van der Waals surface area (Å²) in [5.74, 6) is 0.00128. The summed E-state index contributed by atoms with van der Waals surface area (Å²) in [4.78, 5) is 0. The molecule has 2 rings (SSSR count). The Balaban J connectivity index is 2.03. The predicted octanol–water partition coefficient (Wildman–Crippen LogP) is 5.05. The van der Waals surface area contributed by atoms with Crippen LogP contribution >= 0.6 is 23.2 Å². The molecule has 0 saturated carbocycles. The molecular formula is C15H11Cl2FOS. The maximum absolute atomic E-state index is 12.9. The van der Waals surface area contributed by atoms with E-state index in [0.29, 0.717) is 21.4 Å². The maximum Gasteiger partial charge on any atom is 0.124 e. The summed E-state index contributed by atoms with van der Waals surface area (Å²) in [6, 6.07) is 11.3. The molecule has 2 aromatic rings. The van der Waals surface area contributed by atoms with Gasteiger partial charge in [0.2, 0.25) is 0 Å². The molecule has 0 spiro atoms. The lowest BCUT2D eigenvalue weighted by molar-refractivity contribution is 0.628. The van der Waals surface area contributed by atoms with Crippen molar-refractivity contribution < 1.29 is 8.60 Å². The largest absolute Gasteiger partial charge is 0.255 e. The van der Waals surface area contributed by atoms with Crippen LogP contribution in [0.5, 0.6) is 0 Å². The highest BCUT2D eigenvalue weighted by molar-refractivity contribution is 7.87. The molecule has 0 radical (unpaired) electrons. The lowest BCUT2D eigenvalue weighted by Gasteiger charge is -2.00. The third-order valence-corrected chi connectivity index (χ3v) is 4.22. The van der Waals surface area contributed by atoms with Gasteiger partial charge in [0.15, 0.2) is 0 Å². The summed E-state index contributed by atoms with van der Waals surface area (Å²) < 4.78 is 24.8. The van der Waals surface area contributed by atoms with Crippen LogP contribution in [0.1, 0.15) is 11.1 Å². The Morgan fingerprint density at radius 1 is 1.10 bits per heavy atom. The summed E-state index contributed by atoms with van der Waals surface area (Å²) in [5.41, 5.74) is 1.57. The molecule has 0 amide bonds. The average molecular weight is 329 g/mol. The van der Waals surface area contributed by atoms with Crippen LogP contribution in [0.2, 0.25) is 10.0 Å². The Morgan fingerprint density at radius 3 is 2.45 bits per heavy atom. The molecule has 104 valence electrons. The molecular weight excluding hydrogens is 318 g/mol. The monoisotopic (exact) mass is 328 g/mol. The molecule has 0 aliphatic rings. The lowest BCUT2D eigenvalue weighted by Crippen LogP contribution is -1.91. The number of hydrogen-bond donors (Lipinski definition) is 0. The Hall–Kier alpha value is -1.16. The van der Waals surface area contributed by atoms with E-state index < -0.39 is 16.6 Å². The normalized spacial score (nSPS) is 12.8. The van der Waals surface area contributed by atoms with Crippen molar-refractivity contribution in [3.63, 3.8) is 0 Å². The van der Waals surface area contributed by atoms with Crippen LogP contribution in [0.15, 0.2) is 47.9 Å². The fourth-order valence-corrected chi connectivity index (χ4v) is 2.85. The molecule has 20 heavy (non-hydrogen) atoms. The van der Waals surface area contributed by atoms with Gasteiger partial charge < -0.3 is 0 Å². The second-order valence-electron chi connectivity index (χ2n) is 4.12. The molecule has 1 nitrogen and oxygen atoms in total. The van der Waals surface area contributed by atoms with Gasteiger partial charge in [0.25, 0.3) is 0 Å². The minimum Gasteiger partial charge on any atom is -0.255 e. The standard InChI is InChI=1S/C15H11Cl2FOS/c16-13-4-1-11(2-5-13)10-20(19)8-7-12-3-6-14(18)9-15(12)17/h1-9H,10H2/b8-7+. The van der Waals surface area contributed by atoms with Gasteiger partial charge in [0.1, 0.15) is 5.82 Å². The molecule has 0 aliphatic heterocycles. The third-order valence-electron chi connectivity index (χ3n) is 2.58. The van der Waals surface area contributed by atoms with E-state index in [1.165, 1.54) is 12.1 Å². The van der Waals surface area contributed by atoms with E-state index >= 15 is 0 Å². The summed E-state index contributed by atoms with van der Waals surface area (Å²) >= 11 is 11.7. The van der Waals surface area contributed by atoms with E-state index in [1.807, 2.05) is 12.1 Å². The lowest BCUT2D eigenvalue weighted by atomic mass is 10.2. The Labute approximate surface area is 129 Å². The van der Waals surface area contributed by atoms with Gasteiger partial charge in [-0.25, -0.2) is 4.39 Å². The van der Waals surface area contributed by atoms with E-state index in [9.17, 15) is 8.60 Å². The van der Waals surface area contributed by atoms with Gasteiger partial charge in [0.05, 0.1) is 21.6 Å². The van der Waals surface area contributed by atoms with E-state index in [4.69, 9.17) is 23.2 Å².